The molecule has 0 saturated carbocycles. The van der Waals surface area contributed by atoms with E-state index in [1.165, 1.54) is 13.2 Å². The standard InChI is InChI=1S/C17H18N2O3/c1-21-16-6-5-14(10-17(16)22-2)15(20)7-9-19-12-13-4-3-8-18-11-13/h3-11,19H,12H2,1-2H3. The Kier molecular flexibility index (Phi) is 5.54. The summed E-state index contributed by atoms with van der Waals surface area (Å²) in [6.45, 7) is 0.615. The summed E-state index contributed by atoms with van der Waals surface area (Å²) in [5, 5.41) is 3.06. The van der Waals surface area contributed by atoms with Gasteiger partial charge in [0.25, 0.3) is 0 Å². The highest BCUT2D eigenvalue weighted by atomic mass is 16.5. The molecule has 0 aliphatic carbocycles. The van der Waals surface area contributed by atoms with Crippen molar-refractivity contribution in [2.75, 3.05) is 14.2 Å². The van der Waals surface area contributed by atoms with Gasteiger partial charge in [0.1, 0.15) is 0 Å². The minimum absolute atomic E-state index is 0.111. The molecule has 0 fully saturated rings. The van der Waals surface area contributed by atoms with E-state index in [0.717, 1.165) is 5.56 Å². The van der Waals surface area contributed by atoms with E-state index in [1.54, 1.807) is 43.9 Å². The van der Waals surface area contributed by atoms with Crippen LogP contribution in [0.5, 0.6) is 11.5 Å². The number of benzene rings is 1. The zero-order valence-electron chi connectivity index (χ0n) is 12.6. The highest BCUT2D eigenvalue weighted by Crippen LogP contribution is 2.27. The quantitative estimate of drug-likeness (QED) is 0.629. The predicted molar refractivity (Wildman–Crippen MR) is 84.1 cm³/mol. The predicted octanol–water partition coefficient (Wildman–Crippen LogP) is 2.59. The maximum absolute atomic E-state index is 12.1. The summed E-state index contributed by atoms with van der Waals surface area (Å²) in [4.78, 5) is 16.1. The summed E-state index contributed by atoms with van der Waals surface area (Å²) in [6.07, 6.45) is 6.61. The van der Waals surface area contributed by atoms with Crippen molar-refractivity contribution in [3.8, 4) is 11.5 Å². The van der Waals surface area contributed by atoms with Crippen molar-refractivity contribution in [3.63, 3.8) is 0 Å². The third-order valence-electron chi connectivity index (χ3n) is 3.05. The smallest absolute Gasteiger partial charge is 0.187 e. The van der Waals surface area contributed by atoms with Crippen LogP contribution in [0.3, 0.4) is 0 Å². The molecular weight excluding hydrogens is 280 g/mol. The van der Waals surface area contributed by atoms with E-state index in [1.807, 2.05) is 12.1 Å². The van der Waals surface area contributed by atoms with Gasteiger partial charge in [-0.2, -0.15) is 0 Å². The Morgan fingerprint density at radius 3 is 2.73 bits per heavy atom. The Bertz CT molecular complexity index is 654. The lowest BCUT2D eigenvalue weighted by Crippen LogP contribution is -2.06. The lowest BCUT2D eigenvalue weighted by atomic mass is 10.1. The van der Waals surface area contributed by atoms with Gasteiger partial charge in [-0.15, -0.1) is 0 Å². The Morgan fingerprint density at radius 1 is 1.23 bits per heavy atom. The summed E-state index contributed by atoms with van der Waals surface area (Å²) in [5.41, 5.74) is 1.59. The first-order valence-corrected chi connectivity index (χ1v) is 6.80. The first-order chi connectivity index (χ1) is 10.7. The molecule has 0 bridgehead atoms. The van der Waals surface area contributed by atoms with Crippen molar-refractivity contribution in [2.24, 2.45) is 0 Å². The minimum atomic E-state index is -0.111. The second-order valence-corrected chi connectivity index (χ2v) is 4.51. The Hall–Kier alpha value is -2.82. The molecular formula is C17H18N2O3. The molecule has 1 heterocycles. The molecule has 2 rings (SSSR count). The van der Waals surface area contributed by atoms with Gasteiger partial charge in [-0.3, -0.25) is 9.78 Å². The van der Waals surface area contributed by atoms with Crippen LogP contribution in [0.15, 0.2) is 55.0 Å². The number of methoxy groups -OCH3 is 2. The number of ether oxygens (including phenoxy) is 2. The van der Waals surface area contributed by atoms with Crippen LogP contribution in [0.4, 0.5) is 0 Å². The molecule has 0 atom stereocenters. The number of carbonyl (C=O) groups is 1. The van der Waals surface area contributed by atoms with Gasteiger partial charge >= 0.3 is 0 Å². The summed E-state index contributed by atoms with van der Waals surface area (Å²) >= 11 is 0. The monoisotopic (exact) mass is 298 g/mol. The van der Waals surface area contributed by atoms with Gasteiger partial charge in [-0.25, -0.2) is 0 Å². The van der Waals surface area contributed by atoms with Gasteiger partial charge in [0, 0.05) is 36.8 Å². The number of nitrogens with one attached hydrogen (secondary N) is 1. The van der Waals surface area contributed by atoms with Crippen LogP contribution in [-0.2, 0) is 6.54 Å². The van der Waals surface area contributed by atoms with Gasteiger partial charge in [-0.05, 0) is 29.8 Å². The summed E-state index contributed by atoms with van der Waals surface area (Å²) in [5.74, 6) is 1.02. The van der Waals surface area contributed by atoms with Gasteiger partial charge in [0.05, 0.1) is 14.2 Å². The lowest BCUT2D eigenvalue weighted by molar-refractivity contribution is 0.104. The van der Waals surface area contributed by atoms with E-state index in [-0.39, 0.29) is 5.78 Å². The van der Waals surface area contributed by atoms with Crippen LogP contribution >= 0.6 is 0 Å². The third-order valence-corrected chi connectivity index (χ3v) is 3.05. The molecule has 1 aromatic carbocycles. The Balaban J connectivity index is 1.95. The summed E-state index contributed by atoms with van der Waals surface area (Å²) in [6, 6.07) is 8.91. The van der Waals surface area contributed by atoms with Gasteiger partial charge in [0.15, 0.2) is 17.3 Å². The lowest BCUT2D eigenvalue weighted by Gasteiger charge is -2.08. The Labute approximate surface area is 129 Å². The number of carbonyl (C=O) groups excluding carboxylic acids is 1. The maximum Gasteiger partial charge on any atom is 0.187 e. The number of allylic oxidation sites excluding steroid dienone is 1. The molecule has 5 heteroatoms. The number of pyridine rings is 1. The van der Waals surface area contributed by atoms with Crippen molar-refractivity contribution < 1.29 is 14.3 Å². The molecule has 5 nitrogen and oxygen atoms in total. The van der Waals surface area contributed by atoms with E-state index in [0.29, 0.717) is 23.6 Å². The number of ketones is 1. The van der Waals surface area contributed by atoms with Crippen molar-refractivity contribution in [1.82, 2.24) is 10.3 Å². The van der Waals surface area contributed by atoms with Gasteiger partial charge < -0.3 is 14.8 Å². The number of rotatable bonds is 7. The van der Waals surface area contributed by atoms with Crippen molar-refractivity contribution >= 4 is 5.78 Å². The number of hydrogen-bond donors (Lipinski definition) is 1. The fourth-order valence-corrected chi connectivity index (χ4v) is 1.90. The minimum Gasteiger partial charge on any atom is -0.493 e. The van der Waals surface area contributed by atoms with Crippen LogP contribution in [-0.4, -0.2) is 25.0 Å². The third kappa shape index (κ3) is 4.09. The van der Waals surface area contributed by atoms with E-state index in [2.05, 4.69) is 10.3 Å². The molecule has 0 spiro atoms. The van der Waals surface area contributed by atoms with Crippen LogP contribution in [0.25, 0.3) is 0 Å². The van der Waals surface area contributed by atoms with Crippen molar-refractivity contribution in [2.45, 2.75) is 6.54 Å². The molecule has 2 aromatic rings. The van der Waals surface area contributed by atoms with E-state index < -0.39 is 0 Å². The zero-order chi connectivity index (χ0) is 15.8. The van der Waals surface area contributed by atoms with E-state index in [9.17, 15) is 4.79 Å². The molecule has 22 heavy (non-hydrogen) atoms. The maximum atomic E-state index is 12.1. The highest BCUT2D eigenvalue weighted by Gasteiger charge is 2.08. The normalized spacial score (nSPS) is 10.5. The first-order valence-electron chi connectivity index (χ1n) is 6.80. The average molecular weight is 298 g/mol. The van der Waals surface area contributed by atoms with Crippen LogP contribution in [0, 0.1) is 0 Å². The highest BCUT2D eigenvalue weighted by molar-refractivity contribution is 6.04. The van der Waals surface area contributed by atoms with Crippen LogP contribution in [0.2, 0.25) is 0 Å². The summed E-state index contributed by atoms with van der Waals surface area (Å²) in [7, 11) is 3.10. The second-order valence-electron chi connectivity index (χ2n) is 4.51. The fraction of sp³-hybridized carbons (Fsp3) is 0.176. The molecule has 0 saturated heterocycles. The molecule has 0 aliphatic rings. The summed E-state index contributed by atoms with van der Waals surface area (Å²) < 4.78 is 10.3. The molecule has 0 amide bonds. The van der Waals surface area contributed by atoms with Crippen molar-refractivity contribution in [3.05, 3.63) is 66.1 Å². The van der Waals surface area contributed by atoms with Crippen molar-refractivity contribution in [1.29, 1.82) is 0 Å². The van der Waals surface area contributed by atoms with Crippen LogP contribution < -0.4 is 14.8 Å². The number of nitrogens with zero attached hydrogens (tertiary/aromatic N) is 1. The second kappa shape index (κ2) is 7.83. The van der Waals surface area contributed by atoms with Gasteiger partial charge in [-0.1, -0.05) is 6.07 Å². The molecule has 0 unspecified atom stereocenters. The molecule has 114 valence electrons. The van der Waals surface area contributed by atoms with Crippen LogP contribution in [0.1, 0.15) is 15.9 Å². The molecule has 0 radical (unpaired) electrons. The largest absolute Gasteiger partial charge is 0.493 e. The number of hydrogen-bond acceptors (Lipinski definition) is 5. The molecule has 1 N–H and O–H groups in total. The van der Waals surface area contributed by atoms with E-state index >= 15 is 0 Å². The topological polar surface area (TPSA) is 60.5 Å². The molecule has 1 aromatic heterocycles. The number of aromatic nitrogens is 1. The molecule has 0 aliphatic heterocycles. The zero-order valence-corrected chi connectivity index (χ0v) is 12.6. The average Bonchev–Trinajstić information content (AvgIpc) is 2.58. The first kappa shape index (κ1) is 15.6. The SMILES string of the molecule is COc1ccc(C(=O)C=CNCc2cccnc2)cc1OC. The van der Waals surface area contributed by atoms with Gasteiger partial charge in [0.2, 0.25) is 0 Å². The fourth-order valence-electron chi connectivity index (χ4n) is 1.90. The van der Waals surface area contributed by atoms with E-state index in [4.69, 9.17) is 9.47 Å². The Morgan fingerprint density at radius 2 is 2.05 bits per heavy atom.